The molecule has 2 fully saturated rings. The Morgan fingerprint density at radius 3 is 2.62 bits per heavy atom. The number of benzene rings is 2. The van der Waals surface area contributed by atoms with Crippen molar-refractivity contribution in [2.75, 3.05) is 57.0 Å². The molecular formula is C30H35ClFN7O3. The fourth-order valence-electron chi connectivity index (χ4n) is 6.78. The highest BCUT2D eigenvalue weighted by molar-refractivity contribution is 6.32. The van der Waals surface area contributed by atoms with Gasteiger partial charge in [0, 0.05) is 80.5 Å². The fourth-order valence-corrected chi connectivity index (χ4v) is 7.08. The summed E-state index contributed by atoms with van der Waals surface area (Å²) in [4.78, 5) is 38.2. The SMILES string of the molecule is CN(C)C(=O)CCNc1nc(N2CCN(C(N)=O)CC2)c2cc(Cl)c([C@@H]3c4ccccc4C[C@@H]4C(O)C34C)c(F)c2n1. The van der Waals surface area contributed by atoms with Crippen LogP contribution in [-0.2, 0) is 11.2 Å². The Morgan fingerprint density at radius 2 is 1.93 bits per heavy atom. The molecule has 4 atom stereocenters. The maximum Gasteiger partial charge on any atom is 0.314 e. The van der Waals surface area contributed by atoms with Gasteiger partial charge in [-0.1, -0.05) is 42.8 Å². The summed E-state index contributed by atoms with van der Waals surface area (Å²) in [6.45, 7) is 3.94. The summed E-state index contributed by atoms with van der Waals surface area (Å²) < 4.78 is 16.9. The van der Waals surface area contributed by atoms with E-state index in [1.807, 2.05) is 36.1 Å². The summed E-state index contributed by atoms with van der Waals surface area (Å²) in [5.41, 5.74) is 7.40. The first-order chi connectivity index (χ1) is 20.0. The predicted molar refractivity (Wildman–Crippen MR) is 159 cm³/mol. The number of aliphatic hydroxyl groups is 1. The smallest absolute Gasteiger partial charge is 0.314 e. The predicted octanol–water partition coefficient (Wildman–Crippen LogP) is 3.20. The van der Waals surface area contributed by atoms with Crippen LogP contribution in [0.2, 0.25) is 5.02 Å². The Kier molecular flexibility index (Phi) is 7.13. The van der Waals surface area contributed by atoms with E-state index in [1.165, 1.54) is 4.90 Å². The Labute approximate surface area is 248 Å². The number of halogens is 2. The minimum Gasteiger partial charge on any atom is -0.392 e. The number of carbonyl (C=O) groups is 2. The Hall–Kier alpha value is -3.70. The van der Waals surface area contributed by atoms with Gasteiger partial charge >= 0.3 is 6.03 Å². The van der Waals surface area contributed by atoms with Crippen LogP contribution >= 0.6 is 11.6 Å². The number of anilines is 2. The minimum atomic E-state index is -0.574. The number of aliphatic hydroxyl groups excluding tert-OH is 1. The molecule has 1 saturated carbocycles. The lowest BCUT2D eigenvalue weighted by Gasteiger charge is -2.35. The van der Waals surface area contributed by atoms with Crippen LogP contribution in [0.15, 0.2) is 30.3 Å². The molecule has 2 heterocycles. The summed E-state index contributed by atoms with van der Waals surface area (Å²) in [5, 5.41) is 14.8. The number of piperazine rings is 1. The van der Waals surface area contributed by atoms with Gasteiger partial charge in [0.15, 0.2) is 5.82 Å². The molecule has 12 heteroatoms. The van der Waals surface area contributed by atoms with Gasteiger partial charge in [0.2, 0.25) is 11.9 Å². The molecule has 4 N–H and O–H groups in total. The first kappa shape index (κ1) is 28.4. The molecule has 2 aromatic carbocycles. The van der Waals surface area contributed by atoms with E-state index in [9.17, 15) is 14.7 Å². The average molecular weight is 596 g/mol. The largest absolute Gasteiger partial charge is 0.392 e. The number of hydrogen-bond donors (Lipinski definition) is 3. The van der Waals surface area contributed by atoms with E-state index in [-0.39, 0.29) is 41.3 Å². The van der Waals surface area contributed by atoms with Gasteiger partial charge in [-0.25, -0.2) is 14.2 Å². The minimum absolute atomic E-state index is 0.0116. The van der Waals surface area contributed by atoms with Crippen LogP contribution in [0.5, 0.6) is 0 Å². The quantitative estimate of drug-likeness (QED) is 0.399. The molecule has 0 spiro atoms. The zero-order valence-corrected chi connectivity index (χ0v) is 24.7. The van der Waals surface area contributed by atoms with Crippen molar-refractivity contribution in [2.45, 2.75) is 31.8 Å². The van der Waals surface area contributed by atoms with Gasteiger partial charge in [0.1, 0.15) is 11.3 Å². The van der Waals surface area contributed by atoms with Crippen molar-refractivity contribution in [3.05, 3.63) is 57.9 Å². The van der Waals surface area contributed by atoms with Crippen LogP contribution in [0.25, 0.3) is 10.9 Å². The second-order valence-corrected chi connectivity index (χ2v) is 12.3. The van der Waals surface area contributed by atoms with Crippen molar-refractivity contribution in [2.24, 2.45) is 17.1 Å². The maximum atomic E-state index is 16.9. The lowest BCUT2D eigenvalue weighted by atomic mass is 9.71. The van der Waals surface area contributed by atoms with Crippen LogP contribution in [0, 0.1) is 17.2 Å². The molecule has 3 aromatic rings. The maximum absolute atomic E-state index is 16.9. The van der Waals surface area contributed by atoms with Gasteiger partial charge in [-0.2, -0.15) is 4.98 Å². The second-order valence-electron chi connectivity index (χ2n) is 11.9. The number of nitrogens with one attached hydrogen (secondary N) is 1. The number of fused-ring (bicyclic) bond motifs is 3. The van der Waals surface area contributed by atoms with Gasteiger partial charge in [0.25, 0.3) is 0 Å². The van der Waals surface area contributed by atoms with E-state index in [1.54, 1.807) is 25.1 Å². The number of nitrogens with zero attached hydrogens (tertiary/aromatic N) is 5. The number of amides is 3. The lowest BCUT2D eigenvalue weighted by molar-refractivity contribution is -0.128. The zero-order valence-electron chi connectivity index (χ0n) is 23.9. The van der Waals surface area contributed by atoms with Crippen molar-refractivity contribution < 1.29 is 19.1 Å². The fraction of sp³-hybridized carbons (Fsp3) is 0.467. The molecular weight excluding hydrogens is 561 g/mol. The Bertz CT molecular complexity index is 1580. The second kappa shape index (κ2) is 10.5. The first-order valence-corrected chi connectivity index (χ1v) is 14.6. The summed E-state index contributed by atoms with van der Waals surface area (Å²) in [6, 6.07) is 9.14. The summed E-state index contributed by atoms with van der Waals surface area (Å²) in [5.74, 6) is -0.382. The van der Waals surface area contributed by atoms with E-state index < -0.39 is 29.3 Å². The van der Waals surface area contributed by atoms with Gasteiger partial charge in [-0.15, -0.1) is 0 Å². The first-order valence-electron chi connectivity index (χ1n) is 14.2. The molecule has 3 amide bonds. The van der Waals surface area contributed by atoms with Gasteiger partial charge in [-0.3, -0.25) is 4.79 Å². The molecule has 10 nitrogen and oxygen atoms in total. The van der Waals surface area contributed by atoms with Crippen molar-refractivity contribution >= 4 is 46.2 Å². The molecule has 42 heavy (non-hydrogen) atoms. The summed E-state index contributed by atoms with van der Waals surface area (Å²) in [7, 11) is 3.37. The van der Waals surface area contributed by atoms with Gasteiger partial charge in [0.05, 0.1) is 6.10 Å². The van der Waals surface area contributed by atoms with Crippen LogP contribution in [0.3, 0.4) is 0 Å². The van der Waals surface area contributed by atoms with Crippen molar-refractivity contribution in [3.8, 4) is 0 Å². The van der Waals surface area contributed by atoms with E-state index in [2.05, 4.69) is 10.3 Å². The average Bonchev–Trinajstić information content (AvgIpc) is 3.51. The lowest BCUT2D eigenvalue weighted by Crippen LogP contribution is -2.50. The number of carbonyl (C=O) groups excluding carboxylic acids is 2. The highest BCUT2D eigenvalue weighted by Crippen LogP contribution is 2.68. The molecule has 1 aromatic heterocycles. The number of hydrogen-bond acceptors (Lipinski definition) is 7. The molecule has 1 aliphatic heterocycles. The molecule has 3 aliphatic rings. The summed E-state index contributed by atoms with van der Waals surface area (Å²) >= 11 is 6.94. The van der Waals surface area contributed by atoms with Crippen LogP contribution < -0.4 is 16.0 Å². The molecule has 0 bridgehead atoms. The van der Waals surface area contributed by atoms with Crippen LogP contribution in [0.4, 0.5) is 21.0 Å². The van der Waals surface area contributed by atoms with Crippen molar-refractivity contribution in [1.29, 1.82) is 0 Å². The number of nitrogens with two attached hydrogens (primary N) is 1. The standard InChI is InChI=1S/C30H35ClFN7O3/c1-30-19(26(30)41)14-16-6-4-5-7-17(16)23(30)22-20(31)15-18-25(24(22)32)35-29(34-9-8-21(40)37(2)3)36-27(18)38-10-12-39(13-11-38)28(33)42/h4-7,15,19,23,26,41H,8-14H2,1-3H3,(H2,33,42)(H,34,35,36)/t19-,23+,26?,30?/m1/s1. The van der Waals surface area contributed by atoms with E-state index in [0.717, 1.165) is 17.5 Å². The third kappa shape index (κ3) is 4.59. The Balaban J connectivity index is 1.46. The van der Waals surface area contributed by atoms with Crippen LogP contribution in [-0.4, -0.2) is 89.7 Å². The molecule has 222 valence electrons. The highest BCUT2D eigenvalue weighted by atomic mass is 35.5. The normalized spacial score (nSPS) is 24.7. The molecule has 0 radical (unpaired) electrons. The van der Waals surface area contributed by atoms with Gasteiger partial charge in [-0.05, 0) is 29.5 Å². The number of rotatable bonds is 6. The van der Waals surface area contributed by atoms with E-state index >= 15 is 4.39 Å². The highest BCUT2D eigenvalue weighted by Gasteiger charge is 2.67. The summed E-state index contributed by atoms with van der Waals surface area (Å²) in [6.07, 6.45) is 0.377. The number of primary amides is 1. The molecule has 2 unspecified atom stereocenters. The Morgan fingerprint density at radius 1 is 1.21 bits per heavy atom. The molecule has 6 rings (SSSR count). The number of urea groups is 1. The van der Waals surface area contributed by atoms with Crippen LogP contribution in [0.1, 0.15) is 36.0 Å². The third-order valence-corrected chi connectivity index (χ3v) is 9.65. The molecule has 1 saturated heterocycles. The van der Waals surface area contributed by atoms with Gasteiger partial charge < -0.3 is 30.9 Å². The molecule has 2 aliphatic carbocycles. The van der Waals surface area contributed by atoms with Crippen molar-refractivity contribution in [3.63, 3.8) is 0 Å². The van der Waals surface area contributed by atoms with E-state index in [0.29, 0.717) is 42.9 Å². The van der Waals surface area contributed by atoms with Crippen molar-refractivity contribution in [1.82, 2.24) is 19.8 Å². The third-order valence-electron chi connectivity index (χ3n) is 9.33. The monoisotopic (exact) mass is 595 g/mol. The van der Waals surface area contributed by atoms with E-state index in [4.69, 9.17) is 22.3 Å². The topological polar surface area (TPSA) is 128 Å². The zero-order chi connectivity index (χ0) is 29.9. The number of aromatic nitrogens is 2.